The van der Waals surface area contributed by atoms with Crippen LogP contribution in [0.25, 0.3) is 10.9 Å². The smallest absolute Gasteiger partial charge is 0.336 e. The highest BCUT2D eigenvalue weighted by atomic mass is 16.2. The molecule has 3 rings (SSSR count). The first-order valence-electron chi connectivity index (χ1n) is 5.40. The molecule has 0 radical (unpaired) electrons. The molecule has 1 aliphatic rings. The van der Waals surface area contributed by atoms with Gasteiger partial charge in [-0.1, -0.05) is 18.2 Å². The van der Waals surface area contributed by atoms with Gasteiger partial charge in [0.1, 0.15) is 12.2 Å². The first kappa shape index (κ1) is 10.5. The number of benzene rings is 1. The van der Waals surface area contributed by atoms with Gasteiger partial charge in [0.15, 0.2) is 0 Å². The maximum atomic E-state index is 11.7. The van der Waals surface area contributed by atoms with Crippen LogP contribution in [0.2, 0.25) is 0 Å². The summed E-state index contributed by atoms with van der Waals surface area (Å²) in [6.07, 6.45) is -0.318. The average molecular weight is 243 g/mol. The Bertz CT molecular complexity index is 621. The lowest BCUT2D eigenvalue weighted by Crippen LogP contribution is -2.53. The molecule has 0 aliphatic carbocycles. The predicted molar refractivity (Wildman–Crippen MR) is 63.9 cm³/mol. The Kier molecular flexibility index (Phi) is 2.16. The average Bonchev–Trinajstić information content (AvgIpc) is 2.70. The van der Waals surface area contributed by atoms with Gasteiger partial charge in [0, 0.05) is 10.9 Å². The van der Waals surface area contributed by atoms with E-state index in [1.165, 1.54) is 0 Å². The zero-order valence-corrected chi connectivity index (χ0v) is 9.27. The molecule has 2 N–H and O–H groups in total. The topological polar surface area (TPSA) is 82.3 Å². The number of amides is 4. The molecule has 6 nitrogen and oxygen atoms in total. The number of rotatable bonds is 1. The van der Waals surface area contributed by atoms with Crippen LogP contribution in [0.5, 0.6) is 0 Å². The highest BCUT2D eigenvalue weighted by Crippen LogP contribution is 2.23. The van der Waals surface area contributed by atoms with E-state index in [0.29, 0.717) is 5.82 Å². The van der Waals surface area contributed by atoms with E-state index in [4.69, 9.17) is 0 Å². The number of anilines is 1. The lowest BCUT2D eigenvalue weighted by molar-refractivity contribution is -0.128. The summed E-state index contributed by atoms with van der Waals surface area (Å²) in [6.45, 7) is 0. The zero-order valence-electron chi connectivity index (χ0n) is 9.27. The largest absolute Gasteiger partial charge is 0.341 e. The summed E-state index contributed by atoms with van der Waals surface area (Å²) in [5.41, 5.74) is 0.824. The molecule has 2 heterocycles. The van der Waals surface area contributed by atoms with Gasteiger partial charge in [-0.25, -0.2) is 9.69 Å². The number of hydrogen-bond acceptors (Lipinski definition) is 3. The van der Waals surface area contributed by atoms with Crippen LogP contribution >= 0.6 is 0 Å². The number of para-hydroxylation sites is 1. The zero-order chi connectivity index (χ0) is 12.7. The van der Waals surface area contributed by atoms with E-state index in [1.54, 1.807) is 6.07 Å². The molecule has 0 unspecified atom stereocenters. The first-order chi connectivity index (χ1) is 8.65. The maximum Gasteiger partial charge on any atom is 0.336 e. The summed E-state index contributed by atoms with van der Waals surface area (Å²) >= 11 is 0. The van der Waals surface area contributed by atoms with Crippen molar-refractivity contribution >= 4 is 34.6 Å². The van der Waals surface area contributed by atoms with E-state index < -0.39 is 17.8 Å². The molecule has 6 heteroatoms. The van der Waals surface area contributed by atoms with Gasteiger partial charge < -0.3 is 4.98 Å². The van der Waals surface area contributed by atoms with Crippen LogP contribution in [0, 0.1) is 0 Å². The van der Waals surface area contributed by atoms with Crippen molar-refractivity contribution in [3.05, 3.63) is 30.3 Å². The number of H-pyrrole nitrogens is 1. The van der Waals surface area contributed by atoms with Gasteiger partial charge in [-0.3, -0.25) is 14.9 Å². The van der Waals surface area contributed by atoms with E-state index in [-0.39, 0.29) is 6.42 Å². The Balaban J connectivity index is 2.05. The number of nitrogens with one attached hydrogen (secondary N) is 2. The van der Waals surface area contributed by atoms with Crippen molar-refractivity contribution in [1.29, 1.82) is 0 Å². The number of fused-ring (bicyclic) bond motifs is 1. The number of barbiturate groups is 1. The molecule has 0 saturated carbocycles. The molecule has 4 amide bonds. The van der Waals surface area contributed by atoms with Crippen molar-refractivity contribution in [3.63, 3.8) is 0 Å². The number of aromatic nitrogens is 1. The second-order valence-electron chi connectivity index (χ2n) is 4.00. The van der Waals surface area contributed by atoms with Gasteiger partial charge in [0.25, 0.3) is 0 Å². The van der Waals surface area contributed by atoms with Crippen molar-refractivity contribution in [1.82, 2.24) is 10.3 Å². The highest BCUT2D eigenvalue weighted by molar-refractivity contribution is 6.26. The summed E-state index contributed by atoms with van der Waals surface area (Å²) < 4.78 is 0. The van der Waals surface area contributed by atoms with E-state index >= 15 is 0 Å². The second-order valence-corrected chi connectivity index (χ2v) is 4.00. The molecule has 1 aromatic heterocycles. The minimum Gasteiger partial charge on any atom is -0.341 e. The third-order valence-electron chi connectivity index (χ3n) is 2.77. The monoisotopic (exact) mass is 243 g/mol. The predicted octanol–water partition coefficient (Wildman–Crippen LogP) is 1.14. The van der Waals surface area contributed by atoms with Crippen molar-refractivity contribution in [2.24, 2.45) is 0 Å². The normalized spacial score (nSPS) is 16.2. The number of imide groups is 2. The fraction of sp³-hybridized carbons (Fsp3) is 0.0833. The fourth-order valence-electron chi connectivity index (χ4n) is 1.97. The number of carbonyl (C=O) groups excluding carboxylic acids is 3. The third-order valence-corrected chi connectivity index (χ3v) is 2.77. The van der Waals surface area contributed by atoms with Gasteiger partial charge >= 0.3 is 6.03 Å². The Morgan fingerprint density at radius 3 is 2.61 bits per heavy atom. The molecule has 1 aliphatic heterocycles. The standard InChI is InChI=1S/C12H9N3O3/c16-10-6-11(17)15(12(18)14-10)9-5-7-3-1-2-4-8(7)13-9/h1-5,13H,6H2,(H,14,16,18). The van der Waals surface area contributed by atoms with Crippen LogP contribution in [0.4, 0.5) is 10.6 Å². The van der Waals surface area contributed by atoms with Crippen LogP contribution in [-0.2, 0) is 9.59 Å². The van der Waals surface area contributed by atoms with Crippen LogP contribution in [0.3, 0.4) is 0 Å². The fourth-order valence-corrected chi connectivity index (χ4v) is 1.97. The third kappa shape index (κ3) is 1.55. The number of urea groups is 1. The second kappa shape index (κ2) is 3.69. The quantitative estimate of drug-likeness (QED) is 0.737. The summed E-state index contributed by atoms with van der Waals surface area (Å²) in [5.74, 6) is -0.737. The van der Waals surface area contributed by atoms with Crippen LogP contribution in [0.15, 0.2) is 30.3 Å². The van der Waals surface area contributed by atoms with Gasteiger partial charge in [0.05, 0.1) is 0 Å². The molecule has 0 atom stereocenters. The lowest BCUT2D eigenvalue weighted by Gasteiger charge is -2.23. The summed E-state index contributed by atoms with van der Waals surface area (Å²) in [5, 5.41) is 3.00. The van der Waals surface area contributed by atoms with Gasteiger partial charge in [-0.2, -0.15) is 0 Å². The summed E-state index contributed by atoms with van der Waals surface area (Å²) in [7, 11) is 0. The van der Waals surface area contributed by atoms with E-state index in [9.17, 15) is 14.4 Å². The number of nitrogens with zero attached hydrogens (tertiary/aromatic N) is 1. The highest BCUT2D eigenvalue weighted by Gasteiger charge is 2.32. The number of hydrogen-bond donors (Lipinski definition) is 2. The van der Waals surface area contributed by atoms with Crippen molar-refractivity contribution in [2.75, 3.05) is 4.90 Å². The molecule has 1 fully saturated rings. The van der Waals surface area contributed by atoms with E-state index in [2.05, 4.69) is 10.3 Å². The van der Waals surface area contributed by atoms with Crippen LogP contribution in [-0.4, -0.2) is 22.8 Å². The van der Waals surface area contributed by atoms with Gasteiger partial charge in [-0.05, 0) is 12.1 Å². The molecule has 0 bridgehead atoms. The van der Waals surface area contributed by atoms with Crippen molar-refractivity contribution < 1.29 is 14.4 Å². The Morgan fingerprint density at radius 1 is 1.11 bits per heavy atom. The minimum absolute atomic E-state index is 0.318. The summed E-state index contributed by atoms with van der Waals surface area (Å²) in [6, 6.07) is 8.40. The number of carbonyl (C=O) groups is 3. The van der Waals surface area contributed by atoms with Crippen molar-refractivity contribution in [3.8, 4) is 0 Å². The Hall–Kier alpha value is -2.63. The van der Waals surface area contributed by atoms with E-state index in [1.807, 2.05) is 24.3 Å². The van der Waals surface area contributed by atoms with E-state index in [0.717, 1.165) is 15.8 Å². The lowest BCUT2D eigenvalue weighted by atomic mass is 10.2. The van der Waals surface area contributed by atoms with Gasteiger partial charge in [-0.15, -0.1) is 0 Å². The maximum absolute atomic E-state index is 11.7. The molecule has 1 aromatic carbocycles. The minimum atomic E-state index is -0.720. The molecular weight excluding hydrogens is 234 g/mol. The first-order valence-corrected chi connectivity index (χ1v) is 5.40. The molecule has 90 valence electrons. The molecule has 2 aromatic rings. The molecule has 1 saturated heterocycles. The Labute approximate surface area is 102 Å². The van der Waals surface area contributed by atoms with Gasteiger partial charge in [0.2, 0.25) is 11.8 Å². The van der Waals surface area contributed by atoms with Crippen LogP contribution < -0.4 is 10.2 Å². The summed E-state index contributed by atoms with van der Waals surface area (Å²) in [4.78, 5) is 38.3. The molecular formula is C12H9N3O3. The van der Waals surface area contributed by atoms with Crippen LogP contribution in [0.1, 0.15) is 6.42 Å². The number of aromatic amines is 1. The SMILES string of the molecule is O=C1CC(=O)N(c2cc3ccccc3[nH]2)C(=O)N1. The molecule has 0 spiro atoms. The van der Waals surface area contributed by atoms with Crippen molar-refractivity contribution in [2.45, 2.75) is 6.42 Å². The Morgan fingerprint density at radius 2 is 1.89 bits per heavy atom. The molecule has 18 heavy (non-hydrogen) atoms.